The van der Waals surface area contributed by atoms with Crippen molar-refractivity contribution in [2.45, 2.75) is 6.18 Å². The van der Waals surface area contributed by atoms with Gasteiger partial charge < -0.3 is 9.42 Å². The van der Waals surface area contributed by atoms with Crippen molar-refractivity contribution in [2.24, 2.45) is 0 Å². The highest BCUT2D eigenvalue weighted by Crippen LogP contribution is 2.30. The maximum atomic E-state index is 14.0. The van der Waals surface area contributed by atoms with Gasteiger partial charge in [-0.05, 0) is 24.3 Å². The first-order chi connectivity index (χ1) is 13.1. The van der Waals surface area contributed by atoms with E-state index in [1.807, 2.05) is 0 Å². The zero-order valence-corrected chi connectivity index (χ0v) is 14.6. The highest BCUT2D eigenvalue weighted by molar-refractivity contribution is 6.30. The fourth-order valence-electron chi connectivity index (χ4n) is 2.37. The van der Waals surface area contributed by atoms with E-state index in [1.165, 1.54) is 31.3 Å². The van der Waals surface area contributed by atoms with E-state index in [9.17, 15) is 26.7 Å². The molecule has 28 heavy (non-hydrogen) atoms. The topological polar surface area (TPSA) is 59.2 Å². The fraction of sp³-hybridized carbons (Fsp3) is 0.118. The summed E-state index contributed by atoms with van der Waals surface area (Å²) in [7, 11) is 1.17. The molecule has 0 aliphatic heterocycles. The van der Waals surface area contributed by atoms with Crippen LogP contribution >= 0.6 is 11.6 Å². The molecule has 0 unspecified atom stereocenters. The number of anilines is 1. The molecule has 0 atom stereocenters. The first-order valence-electron chi connectivity index (χ1n) is 7.52. The van der Waals surface area contributed by atoms with Gasteiger partial charge in [0.25, 0.3) is 5.91 Å². The van der Waals surface area contributed by atoms with Crippen LogP contribution in [0, 0.1) is 11.6 Å². The predicted octanol–water partition coefficient (Wildman–Crippen LogP) is 4.96. The van der Waals surface area contributed by atoms with E-state index in [1.54, 1.807) is 0 Å². The first kappa shape index (κ1) is 19.7. The van der Waals surface area contributed by atoms with Crippen LogP contribution in [-0.2, 0) is 6.18 Å². The first-order valence-corrected chi connectivity index (χ1v) is 7.89. The maximum Gasteiger partial charge on any atom is 0.471 e. The molecule has 0 fully saturated rings. The van der Waals surface area contributed by atoms with Gasteiger partial charge in [-0.3, -0.25) is 4.79 Å². The minimum atomic E-state index is -4.78. The molecule has 1 amide bonds. The molecular formula is C17H9ClF5N3O2. The number of alkyl halides is 3. The Balaban J connectivity index is 1.85. The molecule has 0 bridgehead atoms. The van der Waals surface area contributed by atoms with E-state index in [2.05, 4.69) is 14.7 Å². The van der Waals surface area contributed by atoms with E-state index < -0.39 is 35.3 Å². The lowest BCUT2D eigenvalue weighted by Gasteiger charge is -2.19. The number of aromatic nitrogens is 2. The standard InChI is InChI=1S/C17H9ClF5N3O2/c1-26(13-11(19)6-10(18)7-12(13)20)15(27)9-4-2-8(3-5-9)14-24-16(28-25-14)17(21,22)23/h2-7H,1H3. The lowest BCUT2D eigenvalue weighted by atomic mass is 10.1. The predicted molar refractivity (Wildman–Crippen MR) is 88.8 cm³/mol. The highest BCUT2D eigenvalue weighted by atomic mass is 35.5. The highest BCUT2D eigenvalue weighted by Gasteiger charge is 2.38. The monoisotopic (exact) mass is 417 g/mol. The van der Waals surface area contributed by atoms with Crippen molar-refractivity contribution >= 4 is 23.2 Å². The molecule has 0 aliphatic carbocycles. The molecule has 0 N–H and O–H groups in total. The van der Waals surface area contributed by atoms with Gasteiger partial charge in [0, 0.05) is 23.2 Å². The van der Waals surface area contributed by atoms with Crippen LogP contribution in [0.15, 0.2) is 40.9 Å². The van der Waals surface area contributed by atoms with Gasteiger partial charge in [-0.15, -0.1) is 0 Å². The zero-order chi connectivity index (χ0) is 20.6. The van der Waals surface area contributed by atoms with Crippen molar-refractivity contribution in [1.82, 2.24) is 10.1 Å². The van der Waals surface area contributed by atoms with E-state index in [4.69, 9.17) is 11.6 Å². The Hall–Kier alpha value is -3.01. The summed E-state index contributed by atoms with van der Waals surface area (Å²) in [5.74, 6) is -4.63. The lowest BCUT2D eigenvalue weighted by Crippen LogP contribution is -2.28. The minimum absolute atomic E-state index is 0.0274. The number of amides is 1. The van der Waals surface area contributed by atoms with Crippen LogP contribution in [0.5, 0.6) is 0 Å². The van der Waals surface area contributed by atoms with Gasteiger partial charge in [-0.1, -0.05) is 28.9 Å². The molecule has 2 aromatic carbocycles. The van der Waals surface area contributed by atoms with Crippen LogP contribution in [-0.4, -0.2) is 23.1 Å². The minimum Gasteiger partial charge on any atom is -0.329 e. The molecule has 146 valence electrons. The summed E-state index contributed by atoms with van der Waals surface area (Å²) in [5, 5.41) is 3.06. The van der Waals surface area contributed by atoms with E-state index in [0.717, 1.165) is 17.0 Å². The summed E-state index contributed by atoms with van der Waals surface area (Å²) in [6, 6.07) is 6.79. The number of rotatable bonds is 3. The Morgan fingerprint density at radius 1 is 1.11 bits per heavy atom. The fourth-order valence-corrected chi connectivity index (χ4v) is 2.56. The van der Waals surface area contributed by atoms with Crippen molar-refractivity contribution in [3.63, 3.8) is 0 Å². The zero-order valence-electron chi connectivity index (χ0n) is 13.9. The summed E-state index contributed by atoms with van der Waals surface area (Å²) in [6.07, 6.45) is -4.78. The number of nitrogens with zero attached hydrogens (tertiary/aromatic N) is 3. The quantitative estimate of drug-likeness (QED) is 0.565. The Labute approximate surface area is 159 Å². The Bertz CT molecular complexity index is 1010. The summed E-state index contributed by atoms with van der Waals surface area (Å²) < 4.78 is 69.6. The largest absolute Gasteiger partial charge is 0.471 e. The van der Waals surface area contributed by atoms with Crippen LogP contribution in [0.1, 0.15) is 16.2 Å². The van der Waals surface area contributed by atoms with Crippen LogP contribution in [0.2, 0.25) is 5.02 Å². The van der Waals surface area contributed by atoms with Crippen molar-refractivity contribution in [3.8, 4) is 11.4 Å². The summed E-state index contributed by atoms with van der Waals surface area (Å²) in [6.45, 7) is 0. The van der Waals surface area contributed by atoms with Crippen LogP contribution in [0.4, 0.5) is 27.6 Å². The molecular weight excluding hydrogens is 409 g/mol. The third-order valence-electron chi connectivity index (χ3n) is 3.68. The summed E-state index contributed by atoms with van der Waals surface area (Å²) in [5.41, 5.74) is -0.409. The van der Waals surface area contributed by atoms with Crippen LogP contribution in [0.3, 0.4) is 0 Å². The number of carbonyl (C=O) groups excluding carboxylic acids is 1. The van der Waals surface area contributed by atoms with Crippen molar-refractivity contribution in [3.05, 3.63) is 64.5 Å². The molecule has 1 aromatic heterocycles. The summed E-state index contributed by atoms with van der Waals surface area (Å²) in [4.78, 5) is 16.5. The second-order valence-corrected chi connectivity index (χ2v) is 6.02. The van der Waals surface area contributed by atoms with Gasteiger partial charge in [0.1, 0.15) is 5.69 Å². The summed E-state index contributed by atoms with van der Waals surface area (Å²) >= 11 is 5.56. The number of halogens is 6. The van der Waals surface area contributed by atoms with Gasteiger partial charge in [0.05, 0.1) is 0 Å². The van der Waals surface area contributed by atoms with Crippen LogP contribution in [0.25, 0.3) is 11.4 Å². The number of benzene rings is 2. The number of carbonyl (C=O) groups is 1. The van der Waals surface area contributed by atoms with Gasteiger partial charge in [0.2, 0.25) is 5.82 Å². The second kappa shape index (κ2) is 7.19. The third-order valence-corrected chi connectivity index (χ3v) is 3.90. The average molecular weight is 418 g/mol. The molecule has 3 rings (SSSR count). The SMILES string of the molecule is CN(C(=O)c1ccc(-c2noc(C(F)(F)F)n2)cc1)c1c(F)cc(Cl)cc1F. The molecule has 0 spiro atoms. The molecule has 0 saturated heterocycles. The van der Waals surface area contributed by atoms with E-state index in [-0.39, 0.29) is 22.0 Å². The normalized spacial score (nSPS) is 11.5. The smallest absolute Gasteiger partial charge is 0.329 e. The molecule has 1 heterocycles. The number of hydrogen-bond donors (Lipinski definition) is 0. The third kappa shape index (κ3) is 3.81. The van der Waals surface area contributed by atoms with Gasteiger partial charge in [-0.2, -0.15) is 18.2 Å². The van der Waals surface area contributed by atoms with Crippen molar-refractivity contribution in [1.29, 1.82) is 0 Å². The van der Waals surface area contributed by atoms with E-state index >= 15 is 0 Å². The van der Waals surface area contributed by atoms with Crippen molar-refractivity contribution < 1.29 is 31.3 Å². The molecule has 0 aliphatic rings. The maximum absolute atomic E-state index is 14.0. The molecule has 11 heteroatoms. The molecule has 5 nitrogen and oxygen atoms in total. The number of hydrogen-bond acceptors (Lipinski definition) is 4. The van der Waals surface area contributed by atoms with E-state index in [0.29, 0.717) is 0 Å². The second-order valence-electron chi connectivity index (χ2n) is 5.58. The molecule has 0 radical (unpaired) electrons. The Morgan fingerprint density at radius 3 is 2.18 bits per heavy atom. The Morgan fingerprint density at radius 2 is 1.68 bits per heavy atom. The van der Waals surface area contributed by atoms with Gasteiger partial charge >= 0.3 is 12.1 Å². The van der Waals surface area contributed by atoms with Crippen molar-refractivity contribution in [2.75, 3.05) is 11.9 Å². The molecule has 0 saturated carbocycles. The van der Waals surface area contributed by atoms with Crippen LogP contribution < -0.4 is 4.90 Å². The van der Waals surface area contributed by atoms with Gasteiger partial charge in [0.15, 0.2) is 11.6 Å². The molecule has 3 aromatic rings. The lowest BCUT2D eigenvalue weighted by molar-refractivity contribution is -0.159. The average Bonchev–Trinajstić information content (AvgIpc) is 3.10. The van der Waals surface area contributed by atoms with Gasteiger partial charge in [-0.25, -0.2) is 8.78 Å². The Kier molecular flexibility index (Phi) is 5.07.